The molecule has 1 aromatic rings. The van der Waals surface area contributed by atoms with Gasteiger partial charge < -0.3 is 11.5 Å². The van der Waals surface area contributed by atoms with Crippen LogP contribution in [0.15, 0.2) is 24.5 Å². The van der Waals surface area contributed by atoms with Gasteiger partial charge in [-0.15, -0.1) is 0 Å². The Morgan fingerprint density at radius 1 is 1.36 bits per heavy atom. The minimum atomic E-state index is -1.49. The van der Waals surface area contributed by atoms with E-state index >= 15 is 0 Å². The van der Waals surface area contributed by atoms with E-state index in [4.69, 9.17) is 11.5 Å². The molecule has 0 aromatic carbocycles. The van der Waals surface area contributed by atoms with Gasteiger partial charge in [-0.25, -0.2) is 0 Å². The van der Waals surface area contributed by atoms with Gasteiger partial charge in [0.2, 0.25) is 11.8 Å². The maximum atomic E-state index is 11.2. The van der Waals surface area contributed by atoms with E-state index in [0.29, 0.717) is 5.56 Å². The Balaban J connectivity index is 3.27. The van der Waals surface area contributed by atoms with E-state index in [-0.39, 0.29) is 0 Å². The predicted octanol–water partition coefficient (Wildman–Crippen LogP) is -0.690. The third kappa shape index (κ3) is 1.44. The van der Waals surface area contributed by atoms with Crippen LogP contribution in [0.4, 0.5) is 0 Å². The molecule has 1 heterocycles. The summed E-state index contributed by atoms with van der Waals surface area (Å²) in [6.07, 6.45) is 2.93. The van der Waals surface area contributed by atoms with Crippen molar-refractivity contribution in [1.29, 1.82) is 0 Å². The molecule has 0 fully saturated rings. The molecule has 14 heavy (non-hydrogen) atoms. The van der Waals surface area contributed by atoms with E-state index in [2.05, 4.69) is 4.98 Å². The van der Waals surface area contributed by atoms with Gasteiger partial charge in [0.05, 0.1) is 0 Å². The molecule has 0 aliphatic heterocycles. The van der Waals surface area contributed by atoms with Crippen molar-refractivity contribution in [3.8, 4) is 0 Å². The molecule has 2 amide bonds. The second kappa shape index (κ2) is 3.45. The number of carbonyl (C=O) groups excluding carboxylic acids is 2. The molecule has 0 unspecified atom stereocenters. The summed E-state index contributed by atoms with van der Waals surface area (Å²) in [7, 11) is 0. The average molecular weight is 193 g/mol. The first-order valence-electron chi connectivity index (χ1n) is 4.00. The predicted molar refractivity (Wildman–Crippen MR) is 50.0 cm³/mol. The van der Waals surface area contributed by atoms with Crippen LogP contribution in [0.25, 0.3) is 0 Å². The highest BCUT2D eigenvalue weighted by molar-refractivity contribution is 6.09. The van der Waals surface area contributed by atoms with Crippen molar-refractivity contribution < 1.29 is 9.59 Å². The number of pyridine rings is 1. The first-order valence-corrected chi connectivity index (χ1v) is 4.00. The zero-order valence-electron chi connectivity index (χ0n) is 7.73. The van der Waals surface area contributed by atoms with Crippen molar-refractivity contribution in [2.24, 2.45) is 11.5 Å². The molecule has 1 aromatic heterocycles. The fourth-order valence-electron chi connectivity index (χ4n) is 1.06. The Morgan fingerprint density at radius 3 is 2.29 bits per heavy atom. The van der Waals surface area contributed by atoms with Crippen LogP contribution in [0.1, 0.15) is 12.5 Å². The highest BCUT2D eigenvalue weighted by Gasteiger charge is 2.39. The van der Waals surface area contributed by atoms with Gasteiger partial charge in [0.25, 0.3) is 0 Å². The molecule has 0 saturated heterocycles. The molecule has 0 spiro atoms. The lowest BCUT2D eigenvalue weighted by Crippen LogP contribution is -2.49. The van der Waals surface area contributed by atoms with Crippen molar-refractivity contribution in [2.75, 3.05) is 0 Å². The highest BCUT2D eigenvalue weighted by atomic mass is 16.2. The van der Waals surface area contributed by atoms with Gasteiger partial charge >= 0.3 is 0 Å². The summed E-state index contributed by atoms with van der Waals surface area (Å²) in [6.45, 7) is 1.38. The Morgan fingerprint density at radius 2 is 1.93 bits per heavy atom. The molecule has 5 nitrogen and oxygen atoms in total. The fourth-order valence-corrected chi connectivity index (χ4v) is 1.06. The molecule has 0 bridgehead atoms. The molecule has 0 aliphatic carbocycles. The minimum absolute atomic E-state index is 0.403. The van der Waals surface area contributed by atoms with Crippen molar-refractivity contribution in [1.82, 2.24) is 4.98 Å². The van der Waals surface area contributed by atoms with Gasteiger partial charge in [0.1, 0.15) is 0 Å². The zero-order valence-corrected chi connectivity index (χ0v) is 7.73. The molecule has 0 atom stereocenters. The Bertz CT molecular complexity index is 348. The standard InChI is InChI=1S/C9H11N3O2/c1-9(7(10)13,8(11)14)6-3-2-4-12-5-6/h2-5H,1H3,(H2,10,13)(H2,11,14). The van der Waals surface area contributed by atoms with Crippen LogP contribution in [-0.2, 0) is 15.0 Å². The first-order chi connectivity index (χ1) is 6.49. The number of amides is 2. The summed E-state index contributed by atoms with van der Waals surface area (Å²) in [4.78, 5) is 26.1. The molecule has 5 heteroatoms. The van der Waals surface area contributed by atoms with Crippen LogP contribution in [0.2, 0.25) is 0 Å². The quantitative estimate of drug-likeness (QED) is 0.621. The summed E-state index contributed by atoms with van der Waals surface area (Å²) in [5.41, 5.74) is 9.18. The van der Waals surface area contributed by atoms with E-state index in [1.165, 1.54) is 19.3 Å². The number of hydrogen-bond donors (Lipinski definition) is 2. The number of aromatic nitrogens is 1. The van der Waals surface area contributed by atoms with Crippen molar-refractivity contribution in [3.63, 3.8) is 0 Å². The lowest BCUT2D eigenvalue weighted by Gasteiger charge is -2.21. The van der Waals surface area contributed by atoms with E-state index in [1.54, 1.807) is 12.1 Å². The van der Waals surface area contributed by atoms with Crippen LogP contribution < -0.4 is 11.5 Å². The zero-order chi connectivity index (χ0) is 10.8. The van der Waals surface area contributed by atoms with E-state index in [0.717, 1.165) is 0 Å². The summed E-state index contributed by atoms with van der Waals surface area (Å²) in [5.74, 6) is -1.56. The van der Waals surface area contributed by atoms with Crippen molar-refractivity contribution in [2.45, 2.75) is 12.3 Å². The van der Waals surface area contributed by atoms with Crippen molar-refractivity contribution in [3.05, 3.63) is 30.1 Å². The molecular weight excluding hydrogens is 182 g/mol. The van der Waals surface area contributed by atoms with Crippen LogP contribution in [0.3, 0.4) is 0 Å². The van der Waals surface area contributed by atoms with Gasteiger partial charge in [-0.1, -0.05) is 6.07 Å². The molecule has 74 valence electrons. The number of carbonyl (C=O) groups is 2. The average Bonchev–Trinajstić information content (AvgIpc) is 2.17. The van der Waals surface area contributed by atoms with Crippen LogP contribution in [0, 0.1) is 0 Å². The topological polar surface area (TPSA) is 99.1 Å². The Kier molecular flexibility index (Phi) is 2.51. The lowest BCUT2D eigenvalue weighted by molar-refractivity contribution is -0.133. The molecule has 1 rings (SSSR count). The summed E-state index contributed by atoms with van der Waals surface area (Å²) < 4.78 is 0. The van der Waals surface area contributed by atoms with Gasteiger partial charge in [-0.3, -0.25) is 14.6 Å². The number of hydrogen-bond acceptors (Lipinski definition) is 3. The highest BCUT2D eigenvalue weighted by Crippen LogP contribution is 2.21. The number of nitrogens with two attached hydrogens (primary N) is 2. The molecule has 4 N–H and O–H groups in total. The number of rotatable bonds is 3. The van der Waals surface area contributed by atoms with E-state index in [9.17, 15) is 9.59 Å². The molecule has 0 saturated carbocycles. The summed E-state index contributed by atoms with van der Waals surface area (Å²) >= 11 is 0. The van der Waals surface area contributed by atoms with E-state index < -0.39 is 17.2 Å². The van der Waals surface area contributed by atoms with Crippen LogP contribution in [-0.4, -0.2) is 16.8 Å². The van der Waals surface area contributed by atoms with Gasteiger partial charge in [-0.05, 0) is 18.6 Å². The van der Waals surface area contributed by atoms with Crippen LogP contribution in [0.5, 0.6) is 0 Å². The van der Waals surface area contributed by atoms with Crippen molar-refractivity contribution >= 4 is 11.8 Å². The third-order valence-electron chi connectivity index (χ3n) is 2.22. The maximum absolute atomic E-state index is 11.2. The van der Waals surface area contributed by atoms with Gasteiger partial charge in [-0.2, -0.15) is 0 Å². The second-order valence-corrected chi connectivity index (χ2v) is 3.10. The molecule has 0 aliphatic rings. The minimum Gasteiger partial charge on any atom is -0.368 e. The summed E-state index contributed by atoms with van der Waals surface area (Å²) in [6, 6.07) is 3.20. The SMILES string of the molecule is CC(C(N)=O)(C(N)=O)c1cccnc1. The lowest BCUT2D eigenvalue weighted by atomic mass is 9.82. The Labute approximate surface area is 81.1 Å². The largest absolute Gasteiger partial charge is 0.368 e. The fraction of sp³-hybridized carbons (Fsp3) is 0.222. The maximum Gasteiger partial charge on any atom is 0.237 e. The van der Waals surface area contributed by atoms with Gasteiger partial charge in [0, 0.05) is 12.4 Å². The summed E-state index contributed by atoms with van der Waals surface area (Å²) in [5, 5.41) is 0. The molecule has 0 radical (unpaired) electrons. The van der Waals surface area contributed by atoms with Gasteiger partial charge in [0.15, 0.2) is 5.41 Å². The Hall–Kier alpha value is -1.91. The molecular formula is C9H11N3O2. The normalized spacial score (nSPS) is 10.9. The second-order valence-electron chi connectivity index (χ2n) is 3.10. The van der Waals surface area contributed by atoms with E-state index in [1.807, 2.05) is 0 Å². The van der Waals surface area contributed by atoms with Crippen LogP contribution >= 0.6 is 0 Å². The monoisotopic (exact) mass is 193 g/mol. The number of nitrogens with zero attached hydrogens (tertiary/aromatic N) is 1. The third-order valence-corrected chi connectivity index (χ3v) is 2.22. The first kappa shape index (κ1) is 10.2. The number of primary amides is 2. The smallest absolute Gasteiger partial charge is 0.237 e.